The predicted octanol–water partition coefficient (Wildman–Crippen LogP) is 6.26. The van der Waals surface area contributed by atoms with Gasteiger partial charge < -0.3 is 26.3 Å². The number of para-hydroxylation sites is 2. The van der Waals surface area contributed by atoms with Crippen molar-refractivity contribution in [1.29, 1.82) is 0 Å². The SMILES string of the molecule is CCC(C)[C@H](NC(=O)NCc1ccccc1F)C(=O)N[C@]1(C(=O)NC(C(=O)NNc2ccccc2)[C@@H](C)CC)CCc2[nH]c3c(C(F)(F)F)cccc3c2C1. The number of rotatable bonds is 14. The zero-order valence-corrected chi connectivity index (χ0v) is 31.1. The van der Waals surface area contributed by atoms with E-state index in [1.54, 1.807) is 44.2 Å². The first kappa shape index (κ1) is 40.6. The van der Waals surface area contributed by atoms with Gasteiger partial charge in [0.25, 0.3) is 5.91 Å². The number of urea groups is 1. The predicted molar refractivity (Wildman–Crippen MR) is 201 cm³/mol. The van der Waals surface area contributed by atoms with Gasteiger partial charge in [0.1, 0.15) is 23.4 Å². The van der Waals surface area contributed by atoms with Crippen LogP contribution in [0.4, 0.5) is 28.0 Å². The molecule has 1 aliphatic carbocycles. The smallest absolute Gasteiger partial charge is 0.358 e. The number of hydrogen-bond donors (Lipinski definition) is 7. The lowest BCUT2D eigenvalue weighted by Gasteiger charge is -2.39. The van der Waals surface area contributed by atoms with Crippen LogP contribution >= 0.6 is 0 Å². The Morgan fingerprint density at radius 3 is 2.15 bits per heavy atom. The summed E-state index contributed by atoms with van der Waals surface area (Å²) in [6.07, 6.45) is -3.85. The second-order valence-corrected chi connectivity index (χ2v) is 14.2. The molecule has 1 heterocycles. The van der Waals surface area contributed by atoms with Crippen LogP contribution < -0.4 is 32.1 Å². The number of fused-ring (bicyclic) bond motifs is 3. The van der Waals surface area contributed by atoms with Crippen LogP contribution in [0.1, 0.15) is 69.3 Å². The van der Waals surface area contributed by atoms with Crippen LogP contribution in [0.5, 0.6) is 0 Å². The Kier molecular flexibility index (Phi) is 12.7. The maximum atomic E-state index is 14.7. The standard InChI is InChI=1S/C40H47F4N7O4/c1-5-23(3)32(48-38(55)45-22-25-13-10-11-18-30(25)41)35(52)49-39(20-19-31-28(21-39)27-16-12-17-29(34(27)46-31)40(42,43)44)37(54)47-33(24(4)6-2)36(53)51-50-26-14-8-7-9-15-26/h7-18,23-24,32-33,46,50H,5-6,19-22H2,1-4H3,(H,47,54)(H,49,52)(H,51,53)(H2,45,48,55)/t23?,24-,32-,33?,39+/m0/s1. The van der Waals surface area contributed by atoms with Gasteiger partial charge in [-0.15, -0.1) is 0 Å². The molecule has 5 amide bonds. The molecule has 0 saturated heterocycles. The highest BCUT2D eigenvalue weighted by atomic mass is 19.4. The molecule has 11 nitrogen and oxygen atoms in total. The summed E-state index contributed by atoms with van der Waals surface area (Å²) in [7, 11) is 0. The average molecular weight is 766 g/mol. The number of carbonyl (C=O) groups excluding carboxylic acids is 4. The number of aromatic amines is 1. The normalized spacial score (nSPS) is 17.5. The maximum Gasteiger partial charge on any atom is 0.418 e. The second kappa shape index (κ2) is 17.2. The van der Waals surface area contributed by atoms with Gasteiger partial charge in [-0.05, 0) is 54.5 Å². The molecular formula is C40H47F4N7O4. The number of alkyl halides is 3. The third-order valence-electron chi connectivity index (χ3n) is 10.5. The van der Waals surface area contributed by atoms with E-state index in [9.17, 15) is 36.7 Å². The van der Waals surface area contributed by atoms with Crippen LogP contribution in [-0.2, 0) is 39.9 Å². The lowest BCUT2D eigenvalue weighted by molar-refractivity contribution is -0.138. The fourth-order valence-electron chi connectivity index (χ4n) is 6.80. The van der Waals surface area contributed by atoms with Crippen LogP contribution in [0.3, 0.4) is 0 Å². The molecule has 5 atom stereocenters. The van der Waals surface area contributed by atoms with Crippen LogP contribution in [0.2, 0.25) is 0 Å². The third kappa shape index (κ3) is 9.38. The van der Waals surface area contributed by atoms with Crippen LogP contribution in [0, 0.1) is 17.7 Å². The van der Waals surface area contributed by atoms with Gasteiger partial charge in [0, 0.05) is 29.6 Å². The summed E-state index contributed by atoms with van der Waals surface area (Å²) in [5.41, 5.74) is 4.51. The molecule has 0 saturated carbocycles. The summed E-state index contributed by atoms with van der Waals surface area (Å²) in [5, 5.41) is 11.3. The Morgan fingerprint density at radius 1 is 0.836 bits per heavy atom. The fraction of sp³-hybridized carbons (Fsp3) is 0.400. The number of anilines is 1. The second-order valence-electron chi connectivity index (χ2n) is 14.2. The van der Waals surface area contributed by atoms with Gasteiger partial charge in [0.15, 0.2) is 0 Å². The Hall–Kier alpha value is -5.60. The number of hydrogen-bond acceptors (Lipinski definition) is 5. The number of hydrazine groups is 1. The van der Waals surface area contributed by atoms with Crippen molar-refractivity contribution in [3.05, 3.63) is 101 Å². The average Bonchev–Trinajstić information content (AvgIpc) is 3.54. The van der Waals surface area contributed by atoms with Crippen LogP contribution in [-0.4, -0.2) is 46.4 Å². The minimum absolute atomic E-state index is 0.0322. The number of aryl methyl sites for hydroxylation is 1. The molecule has 15 heteroatoms. The third-order valence-corrected chi connectivity index (χ3v) is 10.5. The summed E-state index contributed by atoms with van der Waals surface area (Å²) < 4.78 is 56.4. The highest BCUT2D eigenvalue weighted by molar-refractivity contribution is 5.98. The molecule has 1 aliphatic rings. The van der Waals surface area contributed by atoms with Crippen LogP contribution in [0.15, 0.2) is 72.8 Å². The van der Waals surface area contributed by atoms with E-state index in [2.05, 4.69) is 37.1 Å². The van der Waals surface area contributed by atoms with Gasteiger partial charge in [-0.25, -0.2) is 9.18 Å². The number of H-pyrrole nitrogens is 1. The molecule has 2 unspecified atom stereocenters. The highest BCUT2D eigenvalue weighted by Gasteiger charge is 2.47. The van der Waals surface area contributed by atoms with Crippen molar-refractivity contribution in [2.45, 2.75) is 90.1 Å². The molecule has 7 N–H and O–H groups in total. The summed E-state index contributed by atoms with van der Waals surface area (Å²) in [5.74, 6) is -3.28. The van der Waals surface area contributed by atoms with Crippen molar-refractivity contribution in [2.24, 2.45) is 11.8 Å². The Balaban J connectivity index is 1.47. The maximum absolute atomic E-state index is 14.7. The molecule has 0 fully saturated rings. The fourth-order valence-corrected chi connectivity index (χ4v) is 6.80. The Bertz CT molecular complexity index is 2000. The van der Waals surface area contributed by atoms with E-state index in [1.807, 2.05) is 19.9 Å². The molecule has 0 radical (unpaired) electrons. The summed E-state index contributed by atoms with van der Waals surface area (Å²) in [6, 6.07) is 15.6. The Morgan fingerprint density at radius 2 is 1.49 bits per heavy atom. The number of amides is 5. The van der Waals surface area contributed by atoms with Crippen molar-refractivity contribution in [3.63, 3.8) is 0 Å². The minimum Gasteiger partial charge on any atom is -0.358 e. The summed E-state index contributed by atoms with van der Waals surface area (Å²) in [4.78, 5) is 58.6. The molecule has 3 aromatic carbocycles. The van der Waals surface area contributed by atoms with Crippen molar-refractivity contribution in [2.75, 3.05) is 5.43 Å². The van der Waals surface area contributed by atoms with Gasteiger partial charge >= 0.3 is 12.2 Å². The molecule has 5 rings (SSSR count). The van der Waals surface area contributed by atoms with Crippen molar-refractivity contribution in [3.8, 4) is 0 Å². The van der Waals surface area contributed by atoms with E-state index in [0.717, 1.165) is 6.07 Å². The van der Waals surface area contributed by atoms with Crippen LogP contribution in [0.25, 0.3) is 10.9 Å². The van der Waals surface area contributed by atoms with Gasteiger partial charge in [0.2, 0.25) is 11.8 Å². The monoisotopic (exact) mass is 765 g/mol. The topological polar surface area (TPSA) is 156 Å². The molecule has 4 aromatic rings. The Labute approximate surface area is 316 Å². The number of aromatic nitrogens is 1. The molecule has 1 aromatic heterocycles. The van der Waals surface area contributed by atoms with E-state index < -0.39 is 64.9 Å². The molecule has 0 bridgehead atoms. The quantitative estimate of drug-likeness (QED) is 0.0597. The van der Waals surface area contributed by atoms with Crippen molar-refractivity contribution in [1.82, 2.24) is 31.7 Å². The summed E-state index contributed by atoms with van der Waals surface area (Å²) in [6.45, 7) is 7.06. The molecule has 0 aliphatic heterocycles. The highest BCUT2D eigenvalue weighted by Crippen LogP contribution is 2.40. The van der Waals surface area contributed by atoms with Gasteiger partial charge in [0.05, 0.1) is 16.8 Å². The molecule has 0 spiro atoms. The number of nitrogens with one attached hydrogen (secondary N) is 7. The first-order chi connectivity index (χ1) is 26.2. The molecule has 294 valence electrons. The van der Waals surface area contributed by atoms with E-state index in [4.69, 9.17) is 0 Å². The first-order valence-electron chi connectivity index (χ1n) is 18.4. The van der Waals surface area contributed by atoms with E-state index in [0.29, 0.717) is 29.8 Å². The zero-order valence-electron chi connectivity index (χ0n) is 31.1. The van der Waals surface area contributed by atoms with Crippen molar-refractivity contribution < 1.29 is 36.7 Å². The first-order valence-corrected chi connectivity index (χ1v) is 18.4. The number of carbonyl (C=O) groups is 4. The number of halogens is 4. The van der Waals surface area contributed by atoms with Gasteiger partial charge in [-0.2, -0.15) is 13.2 Å². The lowest BCUT2D eigenvalue weighted by Crippen LogP contribution is -2.67. The van der Waals surface area contributed by atoms with E-state index in [-0.39, 0.29) is 48.2 Å². The number of benzene rings is 3. The van der Waals surface area contributed by atoms with E-state index >= 15 is 0 Å². The van der Waals surface area contributed by atoms with Gasteiger partial charge in [-0.1, -0.05) is 89.1 Å². The van der Waals surface area contributed by atoms with Gasteiger partial charge in [-0.3, -0.25) is 25.2 Å². The molecular weight excluding hydrogens is 718 g/mol. The largest absolute Gasteiger partial charge is 0.418 e. The van der Waals surface area contributed by atoms with E-state index in [1.165, 1.54) is 30.3 Å². The lowest BCUT2D eigenvalue weighted by atomic mass is 9.78. The zero-order chi connectivity index (χ0) is 39.9. The molecule has 55 heavy (non-hydrogen) atoms. The minimum atomic E-state index is -4.65. The van der Waals surface area contributed by atoms with Crippen molar-refractivity contribution >= 4 is 40.3 Å². The summed E-state index contributed by atoms with van der Waals surface area (Å²) >= 11 is 0.